The third-order valence-electron chi connectivity index (χ3n) is 3.74. The van der Waals surface area contributed by atoms with Crippen molar-refractivity contribution in [3.05, 3.63) is 35.1 Å². The molecule has 1 heterocycles. The zero-order valence-electron chi connectivity index (χ0n) is 11.8. The van der Waals surface area contributed by atoms with Gasteiger partial charge in [0.05, 0.1) is 6.61 Å². The van der Waals surface area contributed by atoms with Crippen LogP contribution in [0.25, 0.3) is 0 Å². The molecule has 1 fully saturated rings. The van der Waals surface area contributed by atoms with Crippen LogP contribution in [-0.4, -0.2) is 36.7 Å². The molecule has 3 nitrogen and oxygen atoms in total. The number of nitrogens with zero attached hydrogens (tertiary/aromatic N) is 1. The Bertz CT molecular complexity index is 479. The molecule has 0 spiro atoms. The molecule has 0 radical (unpaired) electrons. The summed E-state index contributed by atoms with van der Waals surface area (Å²) in [6.45, 7) is 3.32. The topological polar surface area (TPSA) is 38.5 Å². The number of benzene rings is 1. The Labute approximate surface area is 124 Å². The van der Waals surface area contributed by atoms with Gasteiger partial charge in [-0.2, -0.15) is 0 Å². The molecule has 1 aromatic carbocycles. The first kappa shape index (κ1) is 15.4. The Morgan fingerprint density at radius 3 is 3.05 bits per heavy atom. The van der Waals surface area contributed by atoms with Gasteiger partial charge in [-0.15, -0.1) is 0 Å². The minimum absolute atomic E-state index is 0.111. The molecular weight excluding hydrogens is 275 g/mol. The SMILES string of the molecule is COCC1CCCN(Cc2cccc(C(N)=S)c2F)C1. The van der Waals surface area contributed by atoms with Crippen LogP contribution in [0.2, 0.25) is 0 Å². The summed E-state index contributed by atoms with van der Waals surface area (Å²) in [4.78, 5) is 2.38. The molecule has 0 aromatic heterocycles. The van der Waals surface area contributed by atoms with E-state index in [2.05, 4.69) is 4.90 Å². The Hall–Kier alpha value is -1.04. The molecule has 1 aliphatic rings. The van der Waals surface area contributed by atoms with Crippen molar-refractivity contribution in [3.63, 3.8) is 0 Å². The van der Waals surface area contributed by atoms with Crippen LogP contribution in [0, 0.1) is 11.7 Å². The second-order valence-corrected chi connectivity index (χ2v) is 5.78. The summed E-state index contributed by atoms with van der Waals surface area (Å²) in [5, 5.41) is 0. The molecular formula is C15H21FN2OS. The van der Waals surface area contributed by atoms with Gasteiger partial charge in [0, 0.05) is 31.3 Å². The highest BCUT2D eigenvalue weighted by molar-refractivity contribution is 7.80. The molecule has 0 aliphatic carbocycles. The van der Waals surface area contributed by atoms with Gasteiger partial charge in [0.1, 0.15) is 10.8 Å². The third kappa shape index (κ3) is 3.75. The van der Waals surface area contributed by atoms with Crippen LogP contribution in [0.15, 0.2) is 18.2 Å². The van der Waals surface area contributed by atoms with Crippen LogP contribution in [0.5, 0.6) is 0 Å². The van der Waals surface area contributed by atoms with Crippen molar-refractivity contribution in [2.75, 3.05) is 26.8 Å². The van der Waals surface area contributed by atoms with Crippen LogP contribution in [0.1, 0.15) is 24.0 Å². The van der Waals surface area contributed by atoms with Crippen molar-refractivity contribution >= 4 is 17.2 Å². The average molecular weight is 296 g/mol. The number of nitrogens with two attached hydrogens (primary N) is 1. The molecule has 20 heavy (non-hydrogen) atoms. The first-order valence-electron chi connectivity index (χ1n) is 6.90. The highest BCUT2D eigenvalue weighted by Gasteiger charge is 2.21. The largest absolute Gasteiger partial charge is 0.389 e. The normalized spacial score (nSPS) is 20.0. The van der Waals surface area contributed by atoms with E-state index in [4.69, 9.17) is 22.7 Å². The van der Waals surface area contributed by atoms with Gasteiger partial charge in [-0.25, -0.2) is 4.39 Å². The lowest BCUT2D eigenvalue weighted by Gasteiger charge is -2.32. The summed E-state index contributed by atoms with van der Waals surface area (Å²) in [7, 11) is 1.73. The highest BCUT2D eigenvalue weighted by atomic mass is 32.1. The van der Waals surface area contributed by atoms with Gasteiger partial charge in [0.2, 0.25) is 0 Å². The van der Waals surface area contributed by atoms with E-state index in [0.717, 1.165) is 26.1 Å². The van der Waals surface area contributed by atoms with Gasteiger partial charge >= 0.3 is 0 Å². The number of ether oxygens (including phenoxy) is 1. The summed E-state index contributed by atoms with van der Waals surface area (Å²) < 4.78 is 19.5. The number of likely N-dealkylation sites (tertiary alicyclic amines) is 1. The van der Waals surface area contributed by atoms with E-state index in [0.29, 0.717) is 23.6 Å². The van der Waals surface area contributed by atoms with E-state index in [1.807, 2.05) is 6.07 Å². The van der Waals surface area contributed by atoms with Crippen molar-refractivity contribution in [1.82, 2.24) is 4.90 Å². The lowest BCUT2D eigenvalue weighted by molar-refractivity contribution is 0.0868. The molecule has 1 atom stereocenters. The summed E-state index contributed by atoms with van der Waals surface area (Å²) in [6, 6.07) is 5.24. The maximum atomic E-state index is 14.3. The van der Waals surface area contributed by atoms with Crippen LogP contribution in [0.4, 0.5) is 4.39 Å². The number of thiocarbonyl (C=S) groups is 1. The quantitative estimate of drug-likeness (QED) is 0.846. The second-order valence-electron chi connectivity index (χ2n) is 5.34. The smallest absolute Gasteiger partial charge is 0.137 e. The number of methoxy groups -OCH3 is 1. The van der Waals surface area contributed by atoms with Crippen molar-refractivity contribution in [2.45, 2.75) is 19.4 Å². The van der Waals surface area contributed by atoms with Gasteiger partial charge in [-0.3, -0.25) is 4.90 Å². The first-order valence-corrected chi connectivity index (χ1v) is 7.31. The fourth-order valence-corrected chi connectivity index (χ4v) is 2.96. The monoisotopic (exact) mass is 296 g/mol. The van der Waals surface area contributed by atoms with Gasteiger partial charge in [0.25, 0.3) is 0 Å². The van der Waals surface area contributed by atoms with Gasteiger partial charge in [-0.05, 0) is 31.4 Å². The Morgan fingerprint density at radius 1 is 1.55 bits per heavy atom. The molecule has 1 aromatic rings. The van der Waals surface area contributed by atoms with Crippen molar-refractivity contribution in [3.8, 4) is 0 Å². The molecule has 1 saturated heterocycles. The van der Waals surface area contributed by atoms with Gasteiger partial charge in [-0.1, -0.05) is 24.4 Å². The minimum atomic E-state index is -0.283. The van der Waals surface area contributed by atoms with E-state index in [1.165, 1.54) is 6.42 Å². The lowest BCUT2D eigenvalue weighted by Crippen LogP contribution is -2.36. The lowest BCUT2D eigenvalue weighted by atomic mass is 9.98. The average Bonchev–Trinajstić information content (AvgIpc) is 2.42. The number of hydrogen-bond donors (Lipinski definition) is 1. The zero-order valence-corrected chi connectivity index (χ0v) is 12.6. The summed E-state index contributed by atoms with van der Waals surface area (Å²) in [5.41, 5.74) is 6.54. The molecule has 1 unspecified atom stereocenters. The van der Waals surface area contributed by atoms with E-state index >= 15 is 0 Å². The Kier molecular flexibility index (Phi) is 5.46. The maximum Gasteiger partial charge on any atom is 0.137 e. The van der Waals surface area contributed by atoms with E-state index < -0.39 is 0 Å². The predicted molar refractivity (Wildman–Crippen MR) is 82.2 cm³/mol. The van der Waals surface area contributed by atoms with Crippen molar-refractivity contribution < 1.29 is 9.13 Å². The molecule has 110 valence electrons. The minimum Gasteiger partial charge on any atom is -0.389 e. The molecule has 1 aliphatic heterocycles. The Balaban J connectivity index is 2.06. The number of halogens is 1. The number of piperidine rings is 1. The predicted octanol–water partition coefficient (Wildman–Crippen LogP) is 2.32. The standard InChI is InChI=1S/C15H21FN2OS/c1-19-10-11-4-3-7-18(8-11)9-12-5-2-6-13(14(12)16)15(17)20/h2,5-6,11H,3-4,7-10H2,1H3,(H2,17,20). The summed E-state index contributed by atoms with van der Waals surface area (Å²) >= 11 is 4.87. The van der Waals surface area contributed by atoms with Crippen LogP contribution in [-0.2, 0) is 11.3 Å². The molecule has 2 N–H and O–H groups in total. The van der Waals surface area contributed by atoms with E-state index in [9.17, 15) is 4.39 Å². The molecule has 5 heteroatoms. The molecule has 0 bridgehead atoms. The summed E-state index contributed by atoms with van der Waals surface area (Å²) in [6.07, 6.45) is 2.31. The molecule has 0 amide bonds. The second kappa shape index (κ2) is 7.11. The number of hydrogen-bond acceptors (Lipinski definition) is 3. The van der Waals surface area contributed by atoms with Crippen molar-refractivity contribution in [1.29, 1.82) is 0 Å². The van der Waals surface area contributed by atoms with Gasteiger partial charge < -0.3 is 10.5 Å². The fraction of sp³-hybridized carbons (Fsp3) is 0.533. The van der Waals surface area contributed by atoms with E-state index in [1.54, 1.807) is 19.2 Å². The highest BCUT2D eigenvalue weighted by Crippen LogP contribution is 2.21. The third-order valence-corrected chi connectivity index (χ3v) is 3.96. The van der Waals surface area contributed by atoms with Crippen LogP contribution >= 0.6 is 12.2 Å². The van der Waals surface area contributed by atoms with Gasteiger partial charge in [0.15, 0.2) is 0 Å². The Morgan fingerprint density at radius 2 is 2.35 bits per heavy atom. The van der Waals surface area contributed by atoms with Crippen LogP contribution in [0.3, 0.4) is 0 Å². The summed E-state index contributed by atoms with van der Waals surface area (Å²) in [5.74, 6) is 0.254. The zero-order chi connectivity index (χ0) is 14.5. The van der Waals surface area contributed by atoms with Crippen molar-refractivity contribution in [2.24, 2.45) is 11.7 Å². The number of rotatable bonds is 5. The first-order chi connectivity index (χ1) is 9.61. The van der Waals surface area contributed by atoms with E-state index in [-0.39, 0.29) is 10.8 Å². The molecule has 0 saturated carbocycles. The maximum absolute atomic E-state index is 14.3. The fourth-order valence-electron chi connectivity index (χ4n) is 2.80. The van der Waals surface area contributed by atoms with Crippen LogP contribution < -0.4 is 5.73 Å². The molecule has 2 rings (SSSR count).